The topological polar surface area (TPSA) is 59.3 Å². The molecule has 0 saturated carbocycles. The summed E-state index contributed by atoms with van der Waals surface area (Å²) >= 11 is 6.17. The number of ether oxygens (including phenoxy) is 1. The Morgan fingerprint density at radius 3 is 2.58 bits per heavy atom. The Labute approximate surface area is 190 Å². The number of hydrogen-bond acceptors (Lipinski definition) is 6. The summed E-state index contributed by atoms with van der Waals surface area (Å²) in [5, 5.41) is 5.14. The van der Waals surface area contributed by atoms with Crippen LogP contribution in [0.5, 0.6) is 0 Å². The van der Waals surface area contributed by atoms with Crippen molar-refractivity contribution in [3.05, 3.63) is 35.7 Å². The number of nitrogens with zero attached hydrogens (tertiary/aromatic N) is 6. The number of rotatable bonds is 7. The van der Waals surface area contributed by atoms with E-state index in [2.05, 4.69) is 64.7 Å². The summed E-state index contributed by atoms with van der Waals surface area (Å²) in [7, 11) is 1.02. The number of fused-ring (bicyclic) bond motifs is 1. The van der Waals surface area contributed by atoms with Crippen LogP contribution in [0.3, 0.4) is 0 Å². The fourth-order valence-corrected chi connectivity index (χ4v) is 4.64. The lowest BCUT2D eigenvalue weighted by molar-refractivity contribution is 0.0818. The molecule has 0 spiro atoms. The molecule has 1 aliphatic rings. The molecule has 1 fully saturated rings. The van der Waals surface area contributed by atoms with Crippen LogP contribution < -0.4 is 4.90 Å². The third-order valence-corrected chi connectivity index (χ3v) is 7.56. The van der Waals surface area contributed by atoms with Crippen molar-refractivity contribution in [2.24, 2.45) is 0 Å². The first-order valence-corrected chi connectivity index (χ1v) is 14.9. The van der Waals surface area contributed by atoms with Gasteiger partial charge in [-0.05, 0) is 30.8 Å². The summed E-state index contributed by atoms with van der Waals surface area (Å²) in [6, 6.07) is 9.53. The average Bonchev–Trinajstić information content (AvgIpc) is 3.08. The Morgan fingerprint density at radius 1 is 1.10 bits per heavy atom. The van der Waals surface area contributed by atoms with Gasteiger partial charge in [-0.15, -0.1) is 0 Å². The molecule has 0 radical (unpaired) electrons. The van der Waals surface area contributed by atoms with Crippen LogP contribution in [0.4, 0.5) is 5.69 Å². The van der Waals surface area contributed by atoms with E-state index in [0.29, 0.717) is 6.73 Å². The van der Waals surface area contributed by atoms with Gasteiger partial charge in [-0.2, -0.15) is 5.10 Å². The molecule has 1 aromatic carbocycles. The molecular formula is C22H31ClN6OSi. The van der Waals surface area contributed by atoms with Gasteiger partial charge < -0.3 is 14.5 Å². The monoisotopic (exact) mass is 458 g/mol. The molecular weight excluding hydrogens is 428 g/mol. The van der Waals surface area contributed by atoms with Crippen LogP contribution in [0, 0.1) is 0 Å². The third kappa shape index (κ3) is 5.26. The van der Waals surface area contributed by atoms with E-state index in [9.17, 15) is 0 Å². The Kier molecular flexibility index (Phi) is 6.62. The average molecular weight is 459 g/mol. The molecule has 4 rings (SSSR count). The highest BCUT2D eigenvalue weighted by molar-refractivity contribution is 6.76. The molecule has 9 heteroatoms. The van der Waals surface area contributed by atoms with E-state index in [1.165, 1.54) is 5.69 Å². The normalized spacial score (nSPS) is 15.7. The first-order valence-electron chi connectivity index (χ1n) is 10.8. The lowest BCUT2D eigenvalue weighted by atomic mass is 10.1. The molecule has 7 nitrogen and oxygen atoms in total. The van der Waals surface area contributed by atoms with Crippen molar-refractivity contribution in [1.29, 1.82) is 0 Å². The van der Waals surface area contributed by atoms with E-state index in [-0.39, 0.29) is 5.28 Å². The van der Waals surface area contributed by atoms with Gasteiger partial charge in [0.2, 0.25) is 5.28 Å². The molecule has 0 aliphatic carbocycles. The first-order chi connectivity index (χ1) is 14.8. The number of piperazine rings is 1. The van der Waals surface area contributed by atoms with Gasteiger partial charge in [0.1, 0.15) is 23.5 Å². The number of anilines is 1. The van der Waals surface area contributed by atoms with Crippen molar-refractivity contribution >= 4 is 36.4 Å². The smallest absolute Gasteiger partial charge is 0.223 e. The summed E-state index contributed by atoms with van der Waals surface area (Å²) in [6.45, 7) is 12.2. The third-order valence-electron chi connectivity index (χ3n) is 5.68. The minimum absolute atomic E-state index is 0.227. The van der Waals surface area contributed by atoms with Crippen molar-refractivity contribution in [2.45, 2.75) is 32.4 Å². The van der Waals surface area contributed by atoms with E-state index in [4.69, 9.17) is 21.4 Å². The Hall–Kier alpha value is -2.00. The van der Waals surface area contributed by atoms with Crippen LogP contribution in [0.1, 0.15) is 0 Å². The predicted octanol–water partition coefficient (Wildman–Crippen LogP) is 4.21. The molecule has 0 N–H and O–H groups in total. The molecule has 3 heterocycles. The summed E-state index contributed by atoms with van der Waals surface area (Å²) in [6.07, 6.45) is 1.74. The van der Waals surface area contributed by atoms with E-state index in [0.717, 1.165) is 61.1 Å². The van der Waals surface area contributed by atoms with Crippen molar-refractivity contribution in [3.8, 4) is 11.3 Å². The van der Waals surface area contributed by atoms with Crippen LogP contribution in [-0.4, -0.2) is 72.6 Å². The van der Waals surface area contributed by atoms with Crippen molar-refractivity contribution in [1.82, 2.24) is 24.6 Å². The molecule has 0 amide bonds. The molecule has 2 aromatic heterocycles. The molecule has 1 aliphatic heterocycles. The number of para-hydroxylation sites is 1. The van der Waals surface area contributed by atoms with E-state index < -0.39 is 8.07 Å². The fourth-order valence-electron chi connectivity index (χ4n) is 3.75. The van der Waals surface area contributed by atoms with Gasteiger partial charge in [0.25, 0.3) is 0 Å². The maximum atomic E-state index is 6.17. The maximum absolute atomic E-state index is 6.17. The highest BCUT2D eigenvalue weighted by Gasteiger charge is 2.22. The van der Waals surface area contributed by atoms with Crippen LogP contribution in [0.2, 0.25) is 31.0 Å². The number of halogens is 1. The second kappa shape index (κ2) is 9.24. The highest BCUT2D eigenvalue weighted by Crippen LogP contribution is 2.34. The lowest BCUT2D eigenvalue weighted by Crippen LogP contribution is -2.44. The number of likely N-dealkylation sites (N-methyl/N-ethyl adjacent to an activating group) is 1. The molecule has 0 unspecified atom stereocenters. The van der Waals surface area contributed by atoms with Gasteiger partial charge in [0.05, 0.1) is 6.20 Å². The van der Waals surface area contributed by atoms with E-state index >= 15 is 0 Å². The van der Waals surface area contributed by atoms with Crippen molar-refractivity contribution < 1.29 is 4.74 Å². The fraction of sp³-hybridized carbons (Fsp3) is 0.500. The number of hydrogen-bond donors (Lipinski definition) is 0. The van der Waals surface area contributed by atoms with Gasteiger partial charge in [-0.3, -0.25) is 0 Å². The van der Waals surface area contributed by atoms with Crippen LogP contribution in [-0.2, 0) is 11.5 Å². The standard InChI is InChI=1S/C22H31ClN6OSi/c1-27-9-11-28(12-10-27)18-8-6-5-7-17(18)20-21-19(15-24-22(23)25-21)29(26-20)16-30-13-14-31(2,3)4/h5-8,15H,9-14,16H2,1-4H3. The Bertz CT molecular complexity index is 1040. The molecule has 31 heavy (non-hydrogen) atoms. The van der Waals surface area contributed by atoms with Crippen molar-refractivity contribution in [3.63, 3.8) is 0 Å². The second-order valence-electron chi connectivity index (χ2n) is 9.38. The van der Waals surface area contributed by atoms with Gasteiger partial charge >= 0.3 is 0 Å². The zero-order valence-corrected chi connectivity index (χ0v) is 20.6. The van der Waals surface area contributed by atoms with E-state index in [1.807, 2.05) is 10.7 Å². The zero-order valence-electron chi connectivity index (χ0n) is 18.8. The molecule has 166 valence electrons. The van der Waals surface area contributed by atoms with Gasteiger partial charge in [-0.25, -0.2) is 14.6 Å². The minimum Gasteiger partial charge on any atom is -0.368 e. The van der Waals surface area contributed by atoms with Gasteiger partial charge in [0, 0.05) is 52.1 Å². The summed E-state index contributed by atoms with van der Waals surface area (Å²) < 4.78 is 7.83. The van der Waals surface area contributed by atoms with Gasteiger partial charge in [0.15, 0.2) is 0 Å². The lowest BCUT2D eigenvalue weighted by Gasteiger charge is -2.35. The Balaban J connectivity index is 1.67. The van der Waals surface area contributed by atoms with Crippen LogP contribution >= 0.6 is 11.6 Å². The van der Waals surface area contributed by atoms with E-state index in [1.54, 1.807) is 6.20 Å². The number of benzene rings is 1. The van der Waals surface area contributed by atoms with Crippen LogP contribution in [0.25, 0.3) is 22.3 Å². The zero-order chi connectivity index (χ0) is 22.0. The second-order valence-corrected chi connectivity index (χ2v) is 15.3. The maximum Gasteiger partial charge on any atom is 0.223 e. The quantitative estimate of drug-likeness (QED) is 0.300. The van der Waals surface area contributed by atoms with Crippen molar-refractivity contribution in [2.75, 3.05) is 44.7 Å². The first kappa shape index (κ1) is 22.2. The minimum atomic E-state index is -1.14. The largest absolute Gasteiger partial charge is 0.368 e. The molecule has 0 bridgehead atoms. The van der Waals surface area contributed by atoms with Crippen LogP contribution in [0.15, 0.2) is 30.5 Å². The SMILES string of the molecule is CN1CCN(c2ccccc2-c2nn(COCC[Si](C)(C)C)c3cnc(Cl)nc23)CC1. The highest BCUT2D eigenvalue weighted by atomic mass is 35.5. The predicted molar refractivity (Wildman–Crippen MR) is 130 cm³/mol. The summed E-state index contributed by atoms with van der Waals surface area (Å²) in [4.78, 5) is 13.5. The molecule has 1 saturated heterocycles. The van der Waals surface area contributed by atoms with Gasteiger partial charge in [-0.1, -0.05) is 37.8 Å². The Morgan fingerprint density at radius 2 is 1.84 bits per heavy atom. The molecule has 0 atom stereocenters. The summed E-state index contributed by atoms with van der Waals surface area (Å²) in [5.74, 6) is 0. The summed E-state index contributed by atoms with van der Waals surface area (Å²) in [5.41, 5.74) is 4.66. The molecule has 3 aromatic rings. The number of aromatic nitrogens is 4.